The molecular formula is C6H6BF3O. The van der Waals surface area contributed by atoms with Crippen molar-refractivity contribution in [2.75, 3.05) is 0 Å². The first kappa shape index (κ1) is 9.87. The van der Waals surface area contributed by atoms with E-state index in [0.29, 0.717) is 5.75 Å². The zero-order valence-corrected chi connectivity index (χ0v) is 5.55. The minimum atomic E-state index is -3.67. The number of phenols is 1. The lowest BCUT2D eigenvalue weighted by molar-refractivity contribution is 0.475. The molecule has 1 nitrogen and oxygen atoms in total. The number of halogens is 3. The van der Waals surface area contributed by atoms with Crippen LogP contribution >= 0.6 is 0 Å². The zero-order chi connectivity index (χ0) is 8.69. The number of rotatable bonds is 0. The van der Waals surface area contributed by atoms with E-state index < -0.39 is 7.54 Å². The largest absolute Gasteiger partial charge is 0.762 e. The molecule has 1 aromatic rings. The standard InChI is InChI=1S/C6H6O.BF3/c7-6-4-2-1-3-5-6;2-1(3)4/h1-5,7H;. The summed E-state index contributed by atoms with van der Waals surface area (Å²) in [6, 6.07) is 8.71. The van der Waals surface area contributed by atoms with Gasteiger partial charge in [0, 0.05) is 0 Å². The number of para-hydroxylation sites is 1. The molecule has 0 saturated heterocycles. The van der Waals surface area contributed by atoms with Crippen LogP contribution in [0.2, 0.25) is 0 Å². The molecule has 60 valence electrons. The first-order valence-corrected chi connectivity index (χ1v) is 2.79. The normalized spacial score (nSPS) is 7.91. The Morgan fingerprint density at radius 1 is 1.00 bits per heavy atom. The summed E-state index contributed by atoms with van der Waals surface area (Å²) in [6.07, 6.45) is 0. The van der Waals surface area contributed by atoms with E-state index >= 15 is 0 Å². The van der Waals surface area contributed by atoms with Gasteiger partial charge in [0.1, 0.15) is 5.75 Å². The summed E-state index contributed by atoms with van der Waals surface area (Å²) in [7, 11) is -3.67. The summed E-state index contributed by atoms with van der Waals surface area (Å²) < 4.78 is 29.0. The van der Waals surface area contributed by atoms with Crippen LogP contribution in [-0.2, 0) is 0 Å². The van der Waals surface area contributed by atoms with Crippen molar-refractivity contribution in [2.45, 2.75) is 0 Å². The first-order valence-electron chi connectivity index (χ1n) is 2.79. The van der Waals surface area contributed by atoms with Crippen LogP contribution in [0.3, 0.4) is 0 Å². The van der Waals surface area contributed by atoms with Gasteiger partial charge in [0.25, 0.3) is 0 Å². The summed E-state index contributed by atoms with van der Waals surface area (Å²) in [6.45, 7) is 0. The SMILES string of the molecule is FB(F)F.Oc1ccccc1. The molecule has 0 fully saturated rings. The Morgan fingerprint density at radius 3 is 1.55 bits per heavy atom. The van der Waals surface area contributed by atoms with Crippen LogP contribution < -0.4 is 0 Å². The lowest BCUT2D eigenvalue weighted by atomic mass is 10.3. The number of hydrogen-bond donors (Lipinski definition) is 1. The minimum absolute atomic E-state index is 0.322. The van der Waals surface area contributed by atoms with Gasteiger partial charge >= 0.3 is 7.54 Å². The summed E-state index contributed by atoms with van der Waals surface area (Å²) >= 11 is 0. The maximum Gasteiger partial charge on any atom is 0.762 e. The van der Waals surface area contributed by atoms with Gasteiger partial charge in [-0.1, -0.05) is 18.2 Å². The van der Waals surface area contributed by atoms with Crippen molar-refractivity contribution in [1.82, 2.24) is 0 Å². The fourth-order valence-corrected chi connectivity index (χ4v) is 0.428. The molecule has 0 spiro atoms. The Morgan fingerprint density at radius 2 is 1.36 bits per heavy atom. The van der Waals surface area contributed by atoms with E-state index in [1.54, 1.807) is 24.3 Å². The highest BCUT2D eigenvalue weighted by molar-refractivity contribution is 6.33. The predicted octanol–water partition coefficient (Wildman–Crippen LogP) is 2.27. The molecule has 0 atom stereocenters. The van der Waals surface area contributed by atoms with E-state index in [4.69, 9.17) is 5.11 Å². The average Bonchev–Trinajstić information content (AvgIpc) is 1.87. The van der Waals surface area contributed by atoms with Gasteiger partial charge in [-0.15, -0.1) is 0 Å². The maximum absolute atomic E-state index is 9.67. The van der Waals surface area contributed by atoms with Gasteiger partial charge in [0.05, 0.1) is 0 Å². The van der Waals surface area contributed by atoms with Gasteiger partial charge in [0.15, 0.2) is 0 Å². The molecule has 1 rings (SSSR count). The zero-order valence-electron chi connectivity index (χ0n) is 5.55. The Hall–Kier alpha value is -1.13. The van der Waals surface area contributed by atoms with E-state index in [1.807, 2.05) is 6.07 Å². The lowest BCUT2D eigenvalue weighted by Crippen LogP contribution is -1.76. The number of aromatic hydroxyl groups is 1. The molecule has 11 heavy (non-hydrogen) atoms. The number of hydrogen-bond acceptors (Lipinski definition) is 1. The Balaban J connectivity index is 0.000000218. The highest BCUT2D eigenvalue weighted by atomic mass is 19.4. The van der Waals surface area contributed by atoms with E-state index in [2.05, 4.69) is 0 Å². The van der Waals surface area contributed by atoms with Crippen molar-refractivity contribution in [2.24, 2.45) is 0 Å². The number of phenolic OH excluding ortho intramolecular Hbond substituents is 1. The monoisotopic (exact) mass is 162 g/mol. The van der Waals surface area contributed by atoms with Gasteiger partial charge in [-0.3, -0.25) is 12.9 Å². The van der Waals surface area contributed by atoms with E-state index in [9.17, 15) is 12.9 Å². The third-order valence-corrected chi connectivity index (χ3v) is 0.756. The molecular weight excluding hydrogens is 156 g/mol. The number of benzene rings is 1. The fraction of sp³-hybridized carbons (Fsp3) is 0. The van der Waals surface area contributed by atoms with Crippen LogP contribution in [0.1, 0.15) is 0 Å². The van der Waals surface area contributed by atoms with Crippen LogP contribution in [0.25, 0.3) is 0 Å². The summed E-state index contributed by atoms with van der Waals surface area (Å²) in [4.78, 5) is 0. The molecule has 0 bridgehead atoms. The fourth-order valence-electron chi connectivity index (χ4n) is 0.428. The van der Waals surface area contributed by atoms with Gasteiger partial charge in [-0.05, 0) is 12.1 Å². The van der Waals surface area contributed by atoms with Gasteiger partial charge in [-0.2, -0.15) is 0 Å². The van der Waals surface area contributed by atoms with Crippen LogP contribution in [0.4, 0.5) is 12.9 Å². The molecule has 1 aromatic carbocycles. The second-order valence-corrected chi connectivity index (χ2v) is 1.58. The van der Waals surface area contributed by atoms with Crippen molar-refractivity contribution in [1.29, 1.82) is 0 Å². The highest BCUT2D eigenvalue weighted by Gasteiger charge is 2.06. The van der Waals surface area contributed by atoms with E-state index in [-0.39, 0.29) is 0 Å². The van der Waals surface area contributed by atoms with Crippen LogP contribution in [0, 0.1) is 0 Å². The van der Waals surface area contributed by atoms with E-state index in [1.165, 1.54) is 0 Å². The van der Waals surface area contributed by atoms with Crippen LogP contribution in [0.15, 0.2) is 30.3 Å². The second kappa shape index (κ2) is 5.64. The average molecular weight is 162 g/mol. The molecule has 1 N–H and O–H groups in total. The Kier molecular flexibility index (Phi) is 5.07. The molecule has 0 unspecified atom stereocenters. The van der Waals surface area contributed by atoms with Gasteiger partial charge in [-0.25, -0.2) is 0 Å². The summed E-state index contributed by atoms with van der Waals surface area (Å²) in [5.74, 6) is 0.322. The van der Waals surface area contributed by atoms with Gasteiger partial charge < -0.3 is 5.11 Å². The van der Waals surface area contributed by atoms with Crippen molar-refractivity contribution in [3.8, 4) is 5.75 Å². The lowest BCUT2D eigenvalue weighted by Gasteiger charge is -1.82. The molecule has 0 aliphatic rings. The smallest absolute Gasteiger partial charge is 0.508 e. The quantitative estimate of drug-likeness (QED) is 0.580. The van der Waals surface area contributed by atoms with Crippen molar-refractivity contribution in [3.63, 3.8) is 0 Å². The first-order chi connectivity index (χ1) is 5.13. The molecule has 5 heteroatoms. The second-order valence-electron chi connectivity index (χ2n) is 1.58. The van der Waals surface area contributed by atoms with E-state index in [0.717, 1.165) is 0 Å². The predicted molar refractivity (Wildman–Crippen MR) is 37.2 cm³/mol. The summed E-state index contributed by atoms with van der Waals surface area (Å²) in [5.41, 5.74) is 0. The third kappa shape index (κ3) is 8.87. The van der Waals surface area contributed by atoms with Crippen molar-refractivity contribution in [3.05, 3.63) is 30.3 Å². The molecule has 0 aliphatic heterocycles. The molecule has 0 aromatic heterocycles. The topological polar surface area (TPSA) is 20.2 Å². The minimum Gasteiger partial charge on any atom is -0.508 e. The van der Waals surface area contributed by atoms with Crippen LogP contribution in [0.5, 0.6) is 5.75 Å². The molecule has 0 heterocycles. The highest BCUT2D eigenvalue weighted by Crippen LogP contribution is 2.02. The van der Waals surface area contributed by atoms with Crippen molar-refractivity contribution >= 4 is 7.54 Å². The molecule has 0 saturated carbocycles. The molecule has 0 radical (unpaired) electrons. The third-order valence-electron chi connectivity index (χ3n) is 0.756. The van der Waals surface area contributed by atoms with Crippen LogP contribution in [-0.4, -0.2) is 12.7 Å². The summed E-state index contributed by atoms with van der Waals surface area (Å²) in [5, 5.41) is 8.63. The Labute approximate surface area is 62.7 Å². The van der Waals surface area contributed by atoms with Gasteiger partial charge in [0.2, 0.25) is 0 Å². The van der Waals surface area contributed by atoms with Crippen molar-refractivity contribution < 1.29 is 18.1 Å². The maximum atomic E-state index is 9.67. The Bertz CT molecular complexity index is 178. The molecule has 0 amide bonds. The molecule has 0 aliphatic carbocycles.